The van der Waals surface area contributed by atoms with E-state index in [9.17, 15) is 126 Å². The number of hydrogen-bond donors (Lipinski definition) is 19. The van der Waals surface area contributed by atoms with Gasteiger partial charge in [-0.25, -0.2) is 46.6 Å². The first kappa shape index (κ1) is 91.7. The number of aromatic amines is 4. The van der Waals surface area contributed by atoms with Crippen molar-refractivity contribution in [1.29, 1.82) is 0 Å². The summed E-state index contributed by atoms with van der Waals surface area (Å²) in [5, 5.41) is 89.5. The highest BCUT2D eigenvalue weighted by atomic mass is 35.9. The van der Waals surface area contributed by atoms with E-state index in [1.165, 1.54) is 26.1 Å². The average Bonchev–Trinajstić information content (AvgIpc) is 1.57. The van der Waals surface area contributed by atoms with Gasteiger partial charge in [0.2, 0.25) is 0 Å². The molecule has 5 aliphatic rings. The molecular formula is C48H75Cl2N8O42P7. The lowest BCUT2D eigenvalue weighted by molar-refractivity contribution is -0.0237. The van der Waals surface area contributed by atoms with E-state index >= 15 is 0 Å². The minimum atomic E-state index is -5.74. The summed E-state index contributed by atoms with van der Waals surface area (Å²) in [6.45, 7) is 5.67. The molecule has 0 aromatic carbocycles. The molecule has 9 heterocycles. The minimum absolute atomic E-state index is 0.0166. The van der Waals surface area contributed by atoms with Crippen molar-refractivity contribution in [3.05, 3.63) is 130 Å². The van der Waals surface area contributed by atoms with Crippen molar-refractivity contribution in [2.75, 3.05) is 26.4 Å². The lowest BCUT2D eigenvalue weighted by atomic mass is 10.0. The van der Waals surface area contributed by atoms with Gasteiger partial charge in [0, 0.05) is 51.0 Å². The molecule has 608 valence electrons. The quantitative estimate of drug-likeness (QED) is 0.0275. The number of phosphoric acid groups is 6. The molecule has 0 saturated carbocycles. The fourth-order valence-corrected chi connectivity index (χ4v) is 19.0. The molecule has 20 atom stereocenters. The zero-order valence-electron chi connectivity index (χ0n) is 55.4. The normalized spacial score (nSPS) is 31.9. The molecule has 107 heavy (non-hydrogen) atoms. The van der Waals surface area contributed by atoms with E-state index in [0.29, 0.717) is 38.8 Å². The third-order valence-electron chi connectivity index (χ3n) is 15.1. The van der Waals surface area contributed by atoms with Gasteiger partial charge in [-0.1, -0.05) is 27.7 Å². The molecule has 0 spiro atoms. The summed E-state index contributed by atoms with van der Waals surface area (Å²) in [6.07, 6.45) is -19.2. The summed E-state index contributed by atoms with van der Waals surface area (Å²) in [7, 11) is -32.4. The largest absolute Gasteiger partial charge is 0.492 e. The topological polar surface area (TPSA) is 753 Å². The molecule has 5 fully saturated rings. The van der Waals surface area contributed by atoms with Crippen LogP contribution < -0.4 is 45.0 Å². The Morgan fingerprint density at radius 1 is 0.430 bits per heavy atom. The maximum Gasteiger partial charge on any atom is 0.492 e. The number of aryl methyl sites for hydroxylation is 4. The summed E-state index contributed by atoms with van der Waals surface area (Å²) >= 11 is 10.5. The third-order valence-corrected chi connectivity index (χ3v) is 25.3. The molecule has 9 rings (SSSR count). The van der Waals surface area contributed by atoms with Gasteiger partial charge in [-0.2, -0.15) is 21.6 Å². The maximum absolute atomic E-state index is 12.3. The van der Waals surface area contributed by atoms with Crippen molar-refractivity contribution in [2.24, 2.45) is 0 Å². The van der Waals surface area contributed by atoms with Crippen molar-refractivity contribution in [3.63, 3.8) is 0 Å². The first-order valence-corrected chi connectivity index (χ1v) is 43.3. The van der Waals surface area contributed by atoms with Crippen molar-refractivity contribution < 1.29 is 161 Å². The van der Waals surface area contributed by atoms with Crippen LogP contribution in [0.4, 0.5) is 0 Å². The summed E-state index contributed by atoms with van der Waals surface area (Å²) in [5.41, 5.74) is -6.07. The molecule has 0 amide bonds. The molecule has 4 aromatic heterocycles. The predicted molar refractivity (Wildman–Crippen MR) is 354 cm³/mol. The van der Waals surface area contributed by atoms with Crippen molar-refractivity contribution >= 4 is 75.5 Å². The maximum atomic E-state index is 12.3. The molecule has 50 nitrogen and oxygen atoms in total. The van der Waals surface area contributed by atoms with Crippen LogP contribution in [0, 0.1) is 0 Å². The van der Waals surface area contributed by atoms with Crippen LogP contribution in [-0.4, -0.2) is 213 Å². The van der Waals surface area contributed by atoms with Gasteiger partial charge in [-0.3, -0.25) is 52.7 Å². The van der Waals surface area contributed by atoms with Crippen LogP contribution in [0.2, 0.25) is 0 Å². The Morgan fingerprint density at radius 3 is 0.981 bits per heavy atom. The van der Waals surface area contributed by atoms with Crippen LogP contribution in [0.1, 0.15) is 100 Å². The minimum Gasteiger partial charge on any atom is -0.394 e. The fraction of sp³-hybridized carbons (Fsp3) is 0.667. The standard InChI is InChI=1S/C12H17Cl2N2O7P.C12H21N2O15P3.C12H19N2O14P3.C12H18N2O6/c1-2-3-16-4-6(11(19)15-12(16)20)10-9(18)8(17)7(23-10)5-22-24(13,14)21;1-2-3-14-4-6(11(17)13-12(14)18)10-9(16)8(15)7(27-10)5-26-31(22,23)29-32(24,25)28-30(19,20)21;1-2-3-14-4-6(11(17)13-12(14)18)10-9(16)8(15)7(25-10)5-24-31(23)27-29(19,20)26-30(21,22)28-31;1-2-3-14-4-6(11(18)13-12(14)19)10-9(17)8(16)7(5-15)20-10/h4,7-10,17-18H,2-3,5H2,1H3,(H,15,19,20);4,7-10,15-16H,2-3,5H2,1H3,(H,22,23)(H,24,25)(H,13,17,18)(H2,19,20,21);4,7-10,15-16H,2-3,5H2,1H3,(H,19,20)(H,21,22)(H,13,17,18);4,7-10,15-17H,2-3,5H2,1H3,(H,13,18,19)/t4*7-,8+,9?,10+/m1111/s1. The number of aliphatic hydroxyl groups excluding tert-OH is 9. The van der Waals surface area contributed by atoms with Gasteiger partial charge in [0.05, 0.1) is 48.7 Å². The van der Waals surface area contributed by atoms with E-state index in [0.717, 1.165) is 17.0 Å². The highest BCUT2D eigenvalue weighted by molar-refractivity contribution is 8.05. The average molecular weight is 1720 g/mol. The SMILES string of the molecule is CCCn1cc([C@@H]2O[C@H](CO)[C@H](O)C2O)c(=O)[nH]c1=O.CCCn1cc([C@@H]2O[C@H](COP(=O)(Cl)Cl)[C@H](O)C2O)c(=O)[nH]c1=O.CCCn1cc([C@@H]2O[C@H](COP(=O)(O)OP(=O)(O)OP(=O)(O)O)[C@H](O)C2O)c(=O)[nH]c1=O.CCCn1cc([C@@H]2O[C@H](COP3(=O)OP(=O)(O)OP(=O)(O)O3)[C@H](O)C2O)c(=O)[nH]c1=O. The number of rotatable bonds is 26. The van der Waals surface area contributed by atoms with Crippen molar-refractivity contribution in [1.82, 2.24) is 38.2 Å². The van der Waals surface area contributed by atoms with Crippen LogP contribution in [0.5, 0.6) is 0 Å². The van der Waals surface area contributed by atoms with Crippen LogP contribution in [0.25, 0.3) is 0 Å². The van der Waals surface area contributed by atoms with Crippen LogP contribution >= 0.6 is 75.5 Å². The smallest absolute Gasteiger partial charge is 0.394 e. The Hall–Kier alpha value is -4.17. The molecule has 0 radical (unpaired) electrons. The van der Waals surface area contributed by atoms with Gasteiger partial charge in [0.15, 0.2) is 0 Å². The Bertz CT molecular complexity index is 4610. The zero-order valence-corrected chi connectivity index (χ0v) is 63.2. The van der Waals surface area contributed by atoms with Gasteiger partial charge >= 0.3 is 75.8 Å². The highest BCUT2D eigenvalue weighted by Crippen LogP contribution is 2.80. The lowest BCUT2D eigenvalue weighted by Crippen LogP contribution is -2.36. The third kappa shape index (κ3) is 24.9. The second-order valence-corrected chi connectivity index (χ2v) is 36.8. The summed E-state index contributed by atoms with van der Waals surface area (Å²) in [6, 6.07) is 0. The zero-order chi connectivity index (χ0) is 80.6. The number of hydrogen-bond acceptors (Lipinski definition) is 36. The van der Waals surface area contributed by atoms with Crippen LogP contribution in [0.15, 0.2) is 63.1 Å². The van der Waals surface area contributed by atoms with Crippen molar-refractivity contribution in [2.45, 2.75) is 177 Å². The van der Waals surface area contributed by atoms with E-state index in [2.05, 4.69) is 50.1 Å². The first-order valence-electron chi connectivity index (χ1n) is 30.9. The summed E-state index contributed by atoms with van der Waals surface area (Å²) in [5.74, 6) is 0. The molecule has 0 aliphatic carbocycles. The monoisotopic (exact) mass is 1720 g/mol. The van der Waals surface area contributed by atoms with Gasteiger partial charge in [0.25, 0.3) is 22.2 Å². The molecule has 5 aliphatic heterocycles. The van der Waals surface area contributed by atoms with Gasteiger partial charge in [-0.05, 0) is 48.2 Å². The molecule has 8 unspecified atom stereocenters. The lowest BCUT2D eigenvalue weighted by Gasteiger charge is -2.27. The number of aromatic nitrogens is 8. The van der Waals surface area contributed by atoms with Gasteiger partial charge in [0.1, 0.15) is 97.7 Å². The second kappa shape index (κ2) is 37.6. The summed E-state index contributed by atoms with van der Waals surface area (Å²) < 4.78 is 139. The van der Waals surface area contributed by atoms with Gasteiger partial charge < -0.3 is 117 Å². The first-order chi connectivity index (χ1) is 49.4. The van der Waals surface area contributed by atoms with Crippen LogP contribution in [-0.2, 0) is 112 Å². The predicted octanol–water partition coefficient (Wildman–Crippen LogP) is -3.24. The molecule has 59 heteroatoms. The second-order valence-electron chi connectivity index (χ2n) is 23.2. The number of nitrogens with zero attached hydrogens (tertiary/aromatic N) is 4. The van der Waals surface area contributed by atoms with E-state index in [1.54, 1.807) is 13.8 Å². The van der Waals surface area contributed by atoms with E-state index in [1.807, 2.05) is 18.8 Å². The molecule has 0 bridgehead atoms. The van der Waals surface area contributed by atoms with Gasteiger partial charge in [-0.15, -0.1) is 0 Å². The number of phosphoric ester groups is 1. The Labute approximate surface area is 606 Å². The number of halogens is 2. The highest BCUT2D eigenvalue weighted by Gasteiger charge is 2.56. The fourth-order valence-electron chi connectivity index (χ4n) is 10.4. The molecular weight excluding hydrogens is 1650 g/mol. The van der Waals surface area contributed by atoms with Crippen molar-refractivity contribution in [3.8, 4) is 0 Å². The van der Waals surface area contributed by atoms with E-state index < -0.39 is 222 Å². The van der Waals surface area contributed by atoms with Crippen LogP contribution in [0.3, 0.4) is 0 Å². The Morgan fingerprint density at radius 2 is 0.710 bits per heavy atom. The summed E-state index contributed by atoms with van der Waals surface area (Å²) in [4.78, 5) is 157. The number of aliphatic hydroxyl groups is 9. The molecule has 4 aromatic rings. The number of H-pyrrole nitrogens is 4. The Kier molecular flexibility index (Phi) is 32.3. The Balaban J connectivity index is 0.000000227. The van der Waals surface area contributed by atoms with E-state index in [-0.39, 0.29) is 35.3 Å². The number of nitrogens with one attached hydrogen (secondary N) is 4. The molecule has 5 saturated heterocycles. The molecule has 19 N–H and O–H groups in total. The number of ether oxygens (including phenoxy) is 4. The van der Waals surface area contributed by atoms with E-state index in [4.69, 9.17) is 61.2 Å².